The van der Waals surface area contributed by atoms with Crippen molar-refractivity contribution in [2.24, 2.45) is 7.05 Å². The standard InChI is InChI=1S/C13H19N3O/c1-3-12-13(8-15(2)14-12)16-9-4-5-10(16)7-11(17)6-9/h8-10H,3-7H2,1-2H3. The zero-order valence-corrected chi connectivity index (χ0v) is 10.5. The van der Waals surface area contributed by atoms with Crippen LogP contribution >= 0.6 is 0 Å². The SMILES string of the molecule is CCc1nn(C)cc1N1C2CCC1CC(=O)C2. The molecule has 0 aliphatic carbocycles. The highest BCUT2D eigenvalue weighted by atomic mass is 16.1. The van der Waals surface area contributed by atoms with Crippen LogP contribution in [0, 0.1) is 0 Å². The van der Waals surface area contributed by atoms with Gasteiger partial charge in [-0.1, -0.05) is 6.92 Å². The molecule has 2 aliphatic rings. The van der Waals surface area contributed by atoms with E-state index in [-0.39, 0.29) is 0 Å². The van der Waals surface area contributed by atoms with Gasteiger partial charge in [0.25, 0.3) is 0 Å². The Hall–Kier alpha value is -1.32. The maximum atomic E-state index is 11.6. The fourth-order valence-corrected chi connectivity index (χ4v) is 3.35. The second kappa shape index (κ2) is 3.86. The van der Waals surface area contributed by atoms with Crippen molar-refractivity contribution in [3.05, 3.63) is 11.9 Å². The Morgan fingerprint density at radius 1 is 1.35 bits per heavy atom. The van der Waals surface area contributed by atoms with Gasteiger partial charge in [0.05, 0.1) is 11.4 Å². The molecule has 3 rings (SSSR count). The molecule has 2 saturated heterocycles. The van der Waals surface area contributed by atoms with Gasteiger partial charge in [0.15, 0.2) is 0 Å². The van der Waals surface area contributed by atoms with Crippen molar-refractivity contribution in [1.29, 1.82) is 0 Å². The van der Waals surface area contributed by atoms with Crippen molar-refractivity contribution >= 4 is 11.5 Å². The van der Waals surface area contributed by atoms with Gasteiger partial charge in [-0.2, -0.15) is 5.10 Å². The van der Waals surface area contributed by atoms with Gasteiger partial charge in [0.1, 0.15) is 5.78 Å². The number of nitrogens with zero attached hydrogens (tertiary/aromatic N) is 3. The Kier molecular flexibility index (Phi) is 2.45. The molecular formula is C13H19N3O. The van der Waals surface area contributed by atoms with Crippen molar-refractivity contribution in [1.82, 2.24) is 9.78 Å². The van der Waals surface area contributed by atoms with Gasteiger partial charge in [-0.3, -0.25) is 9.48 Å². The Balaban J connectivity index is 1.96. The largest absolute Gasteiger partial charge is 0.362 e. The van der Waals surface area contributed by atoms with Gasteiger partial charge in [-0.15, -0.1) is 0 Å². The summed E-state index contributed by atoms with van der Waals surface area (Å²) in [6, 6.07) is 0.853. The van der Waals surface area contributed by atoms with Crippen LogP contribution in [-0.2, 0) is 18.3 Å². The molecule has 2 atom stereocenters. The monoisotopic (exact) mass is 233 g/mol. The van der Waals surface area contributed by atoms with Gasteiger partial charge in [0, 0.05) is 38.2 Å². The van der Waals surface area contributed by atoms with Gasteiger partial charge in [-0.05, 0) is 19.3 Å². The summed E-state index contributed by atoms with van der Waals surface area (Å²) >= 11 is 0. The van der Waals surface area contributed by atoms with Crippen molar-refractivity contribution in [2.45, 2.75) is 51.1 Å². The Morgan fingerprint density at radius 2 is 2.00 bits per heavy atom. The van der Waals surface area contributed by atoms with E-state index in [0.717, 1.165) is 32.1 Å². The third kappa shape index (κ3) is 1.66. The van der Waals surface area contributed by atoms with E-state index in [1.165, 1.54) is 11.4 Å². The quantitative estimate of drug-likeness (QED) is 0.780. The van der Waals surface area contributed by atoms with E-state index in [1.807, 2.05) is 11.7 Å². The van der Waals surface area contributed by atoms with Gasteiger partial charge < -0.3 is 4.90 Å². The molecule has 4 nitrogen and oxygen atoms in total. The minimum Gasteiger partial charge on any atom is -0.362 e. The highest BCUT2D eigenvalue weighted by Crippen LogP contribution is 2.39. The molecular weight excluding hydrogens is 214 g/mol. The predicted octanol–water partition coefficient (Wildman–Crippen LogP) is 1.68. The highest BCUT2D eigenvalue weighted by Gasteiger charge is 2.41. The van der Waals surface area contributed by atoms with Crippen molar-refractivity contribution in [3.63, 3.8) is 0 Å². The average Bonchev–Trinajstić information content (AvgIpc) is 2.77. The molecule has 1 aromatic heterocycles. The normalized spacial score (nSPS) is 27.9. The number of anilines is 1. The van der Waals surface area contributed by atoms with Gasteiger partial charge >= 0.3 is 0 Å². The molecule has 0 radical (unpaired) electrons. The number of aromatic nitrogens is 2. The number of aryl methyl sites for hydroxylation is 2. The van der Waals surface area contributed by atoms with Crippen molar-refractivity contribution in [3.8, 4) is 0 Å². The molecule has 4 heteroatoms. The molecule has 3 heterocycles. The molecule has 2 bridgehead atoms. The van der Waals surface area contributed by atoms with E-state index in [9.17, 15) is 4.79 Å². The summed E-state index contributed by atoms with van der Waals surface area (Å²) in [5.74, 6) is 0.440. The molecule has 17 heavy (non-hydrogen) atoms. The fourth-order valence-electron chi connectivity index (χ4n) is 3.35. The van der Waals surface area contributed by atoms with E-state index in [1.54, 1.807) is 0 Å². The summed E-state index contributed by atoms with van der Waals surface area (Å²) in [6.45, 7) is 2.14. The molecule has 0 aromatic carbocycles. The van der Waals surface area contributed by atoms with Crippen molar-refractivity contribution < 1.29 is 4.79 Å². The minimum atomic E-state index is 0.427. The zero-order chi connectivity index (χ0) is 12.0. The third-order valence-electron chi connectivity index (χ3n) is 4.04. The number of hydrogen-bond acceptors (Lipinski definition) is 3. The Labute approximate surface area is 102 Å². The molecule has 2 fully saturated rings. The molecule has 0 saturated carbocycles. The van der Waals surface area contributed by atoms with Crippen LogP contribution in [0.2, 0.25) is 0 Å². The number of rotatable bonds is 2. The Bertz CT molecular complexity index is 436. The van der Waals surface area contributed by atoms with Crippen LogP contribution < -0.4 is 4.90 Å². The highest BCUT2D eigenvalue weighted by molar-refractivity contribution is 5.83. The van der Waals surface area contributed by atoms with Crippen LogP contribution in [0.25, 0.3) is 0 Å². The lowest BCUT2D eigenvalue weighted by molar-refractivity contribution is -0.120. The second-order valence-corrected chi connectivity index (χ2v) is 5.23. The molecule has 0 amide bonds. The van der Waals surface area contributed by atoms with E-state index < -0.39 is 0 Å². The molecule has 0 N–H and O–H groups in total. The van der Waals surface area contributed by atoms with Crippen LogP contribution in [0.3, 0.4) is 0 Å². The lowest BCUT2D eigenvalue weighted by atomic mass is 10.0. The van der Waals surface area contributed by atoms with Crippen LogP contribution in [0.1, 0.15) is 38.3 Å². The first-order chi connectivity index (χ1) is 8.19. The number of piperidine rings is 1. The van der Waals surface area contributed by atoms with E-state index in [2.05, 4.69) is 23.1 Å². The summed E-state index contributed by atoms with van der Waals surface area (Å²) in [6.07, 6.45) is 6.85. The van der Waals surface area contributed by atoms with E-state index in [4.69, 9.17) is 0 Å². The number of Topliss-reactive ketones (excluding diaryl/α,β-unsaturated/α-hetero) is 1. The fraction of sp³-hybridized carbons (Fsp3) is 0.692. The first-order valence-corrected chi connectivity index (χ1v) is 6.51. The minimum absolute atomic E-state index is 0.427. The number of hydrogen-bond donors (Lipinski definition) is 0. The molecule has 1 aromatic rings. The first kappa shape index (κ1) is 10.8. The van der Waals surface area contributed by atoms with Crippen LogP contribution in [-0.4, -0.2) is 27.6 Å². The molecule has 0 spiro atoms. The molecule has 2 unspecified atom stereocenters. The summed E-state index contributed by atoms with van der Waals surface area (Å²) < 4.78 is 1.89. The van der Waals surface area contributed by atoms with Gasteiger partial charge in [0.2, 0.25) is 0 Å². The maximum absolute atomic E-state index is 11.6. The summed E-state index contributed by atoms with van der Waals surface area (Å²) in [7, 11) is 1.97. The van der Waals surface area contributed by atoms with Crippen molar-refractivity contribution in [2.75, 3.05) is 4.90 Å². The number of ketones is 1. The Morgan fingerprint density at radius 3 is 2.59 bits per heavy atom. The van der Waals surface area contributed by atoms with E-state index >= 15 is 0 Å². The van der Waals surface area contributed by atoms with Crippen LogP contribution in [0.15, 0.2) is 6.20 Å². The third-order valence-corrected chi connectivity index (χ3v) is 4.04. The van der Waals surface area contributed by atoms with Gasteiger partial charge in [-0.25, -0.2) is 0 Å². The number of carbonyl (C=O) groups is 1. The maximum Gasteiger partial charge on any atom is 0.137 e. The van der Waals surface area contributed by atoms with Crippen LogP contribution in [0.5, 0.6) is 0 Å². The topological polar surface area (TPSA) is 38.1 Å². The first-order valence-electron chi connectivity index (χ1n) is 6.51. The van der Waals surface area contributed by atoms with Crippen LogP contribution in [0.4, 0.5) is 5.69 Å². The zero-order valence-electron chi connectivity index (χ0n) is 10.5. The summed E-state index contributed by atoms with van der Waals surface area (Å²) in [5, 5.41) is 4.51. The lowest BCUT2D eigenvalue weighted by Gasteiger charge is -2.35. The number of fused-ring (bicyclic) bond motifs is 2. The second-order valence-electron chi connectivity index (χ2n) is 5.23. The molecule has 2 aliphatic heterocycles. The summed E-state index contributed by atoms with van der Waals surface area (Å²) in [4.78, 5) is 14.1. The smallest absolute Gasteiger partial charge is 0.137 e. The van der Waals surface area contributed by atoms with E-state index in [0.29, 0.717) is 17.9 Å². The lowest BCUT2D eigenvalue weighted by Crippen LogP contribution is -2.43. The number of carbonyl (C=O) groups excluding carboxylic acids is 1. The average molecular weight is 233 g/mol. The summed E-state index contributed by atoms with van der Waals surface area (Å²) in [5.41, 5.74) is 2.42. The molecule has 92 valence electrons. The predicted molar refractivity (Wildman–Crippen MR) is 66.1 cm³/mol.